The summed E-state index contributed by atoms with van der Waals surface area (Å²) >= 11 is 6.02. The molecular weight excluding hydrogens is 312 g/mol. The highest BCUT2D eigenvalue weighted by Crippen LogP contribution is 2.20. The van der Waals surface area contributed by atoms with Crippen molar-refractivity contribution in [2.45, 2.75) is 20.4 Å². The van der Waals surface area contributed by atoms with Crippen LogP contribution in [0.15, 0.2) is 48.5 Å². The predicted molar refractivity (Wildman–Crippen MR) is 92.4 cm³/mol. The maximum Gasteiger partial charge on any atom is 0.244 e. The molecule has 0 fully saturated rings. The van der Waals surface area contributed by atoms with Crippen LogP contribution < -0.4 is 5.32 Å². The van der Waals surface area contributed by atoms with E-state index in [2.05, 4.69) is 5.32 Å². The molecule has 0 saturated heterocycles. The van der Waals surface area contributed by atoms with Crippen molar-refractivity contribution in [3.05, 3.63) is 64.7 Å². The number of anilines is 1. The van der Waals surface area contributed by atoms with Gasteiger partial charge in [0.1, 0.15) is 6.54 Å². The summed E-state index contributed by atoms with van der Waals surface area (Å²) in [7, 11) is 0. The predicted octanol–water partition coefficient (Wildman–Crippen LogP) is 3.64. The largest absolute Gasteiger partial charge is 0.329 e. The Hall–Kier alpha value is -2.33. The summed E-state index contributed by atoms with van der Waals surface area (Å²) in [6.45, 7) is 3.83. The summed E-state index contributed by atoms with van der Waals surface area (Å²) in [5.74, 6) is -0.430. The van der Waals surface area contributed by atoms with Gasteiger partial charge in [-0.1, -0.05) is 53.6 Å². The second-order valence-corrected chi connectivity index (χ2v) is 5.80. The minimum absolute atomic E-state index is 0.0194. The fourth-order valence-corrected chi connectivity index (χ4v) is 2.30. The second-order valence-electron chi connectivity index (χ2n) is 5.39. The number of aryl methyl sites for hydroxylation is 1. The molecule has 2 amide bonds. The van der Waals surface area contributed by atoms with Crippen LogP contribution in [0.5, 0.6) is 0 Å². The lowest BCUT2D eigenvalue weighted by atomic mass is 10.1. The average Bonchev–Trinajstić information content (AvgIpc) is 2.51. The zero-order valence-corrected chi connectivity index (χ0v) is 13.9. The molecule has 0 radical (unpaired) electrons. The first kappa shape index (κ1) is 17.0. The van der Waals surface area contributed by atoms with Crippen molar-refractivity contribution < 1.29 is 9.59 Å². The molecule has 0 aromatic heterocycles. The van der Waals surface area contributed by atoms with Crippen LogP contribution in [0.1, 0.15) is 18.1 Å². The molecule has 2 aromatic carbocycles. The van der Waals surface area contributed by atoms with Crippen molar-refractivity contribution in [3.8, 4) is 0 Å². The van der Waals surface area contributed by atoms with E-state index in [0.29, 0.717) is 17.3 Å². The summed E-state index contributed by atoms with van der Waals surface area (Å²) in [5, 5.41) is 3.19. The van der Waals surface area contributed by atoms with Crippen molar-refractivity contribution in [1.29, 1.82) is 0 Å². The van der Waals surface area contributed by atoms with Gasteiger partial charge in [-0.3, -0.25) is 9.59 Å². The highest BCUT2D eigenvalue weighted by Gasteiger charge is 2.15. The molecule has 0 aliphatic carbocycles. The number of carbonyl (C=O) groups excluding carboxylic acids is 2. The van der Waals surface area contributed by atoms with Crippen LogP contribution >= 0.6 is 11.6 Å². The number of amides is 2. The van der Waals surface area contributed by atoms with Crippen LogP contribution in [0.25, 0.3) is 0 Å². The number of para-hydroxylation sites is 1. The molecule has 1 N–H and O–H groups in total. The maximum atomic E-state index is 12.2. The fourth-order valence-electron chi connectivity index (χ4n) is 2.12. The minimum atomic E-state index is -0.277. The standard InChI is InChI=1S/C18H19ClN2O2/c1-13-7-9-15(10-8-13)11-21(14(2)22)12-18(23)20-17-6-4-3-5-16(17)19/h3-10H,11-12H2,1-2H3,(H,20,23). The van der Waals surface area contributed by atoms with Crippen LogP contribution in [0.3, 0.4) is 0 Å². The van der Waals surface area contributed by atoms with Crippen LogP contribution in [0.4, 0.5) is 5.69 Å². The molecule has 4 nitrogen and oxygen atoms in total. The van der Waals surface area contributed by atoms with Gasteiger partial charge in [0.25, 0.3) is 0 Å². The zero-order chi connectivity index (χ0) is 16.8. The van der Waals surface area contributed by atoms with E-state index >= 15 is 0 Å². The van der Waals surface area contributed by atoms with Gasteiger partial charge in [0.15, 0.2) is 0 Å². The van der Waals surface area contributed by atoms with Gasteiger partial charge in [-0.05, 0) is 24.6 Å². The molecule has 0 bridgehead atoms. The molecule has 0 aliphatic rings. The topological polar surface area (TPSA) is 49.4 Å². The Morgan fingerprint density at radius 1 is 1.09 bits per heavy atom. The lowest BCUT2D eigenvalue weighted by Crippen LogP contribution is -2.36. The van der Waals surface area contributed by atoms with E-state index in [1.165, 1.54) is 11.8 Å². The van der Waals surface area contributed by atoms with E-state index in [1.54, 1.807) is 24.3 Å². The number of hydrogen-bond donors (Lipinski definition) is 1. The summed E-state index contributed by atoms with van der Waals surface area (Å²) in [6, 6.07) is 14.9. The molecule has 0 spiro atoms. The Bertz CT molecular complexity index is 698. The van der Waals surface area contributed by atoms with Crippen molar-refractivity contribution in [3.63, 3.8) is 0 Å². The molecule has 0 aliphatic heterocycles. The molecule has 0 heterocycles. The summed E-state index contributed by atoms with van der Waals surface area (Å²) < 4.78 is 0. The Balaban J connectivity index is 2.01. The fraction of sp³-hybridized carbons (Fsp3) is 0.222. The third-order valence-electron chi connectivity index (χ3n) is 3.42. The molecule has 2 aromatic rings. The molecule has 120 valence electrons. The quantitative estimate of drug-likeness (QED) is 0.910. The third-order valence-corrected chi connectivity index (χ3v) is 3.75. The number of rotatable bonds is 5. The van der Waals surface area contributed by atoms with Crippen molar-refractivity contribution in [2.75, 3.05) is 11.9 Å². The first-order chi connectivity index (χ1) is 11.0. The number of nitrogens with zero attached hydrogens (tertiary/aromatic N) is 1. The van der Waals surface area contributed by atoms with Gasteiger partial charge in [-0.25, -0.2) is 0 Å². The van der Waals surface area contributed by atoms with Gasteiger partial charge < -0.3 is 10.2 Å². The highest BCUT2D eigenvalue weighted by atomic mass is 35.5. The Labute approximate surface area is 141 Å². The lowest BCUT2D eigenvalue weighted by Gasteiger charge is -2.21. The van der Waals surface area contributed by atoms with Crippen molar-refractivity contribution in [2.24, 2.45) is 0 Å². The SMILES string of the molecule is CC(=O)N(CC(=O)Nc1ccccc1Cl)Cc1ccc(C)cc1. The summed E-state index contributed by atoms with van der Waals surface area (Å²) in [4.78, 5) is 25.4. The number of halogens is 1. The van der Waals surface area contributed by atoms with Crippen LogP contribution in [-0.2, 0) is 16.1 Å². The first-order valence-electron chi connectivity index (χ1n) is 7.31. The van der Waals surface area contributed by atoms with Gasteiger partial charge in [0, 0.05) is 13.5 Å². The number of carbonyl (C=O) groups is 2. The van der Waals surface area contributed by atoms with Gasteiger partial charge in [0.05, 0.1) is 10.7 Å². The average molecular weight is 331 g/mol. The zero-order valence-electron chi connectivity index (χ0n) is 13.2. The van der Waals surface area contributed by atoms with E-state index in [4.69, 9.17) is 11.6 Å². The summed E-state index contributed by atoms with van der Waals surface area (Å²) in [6.07, 6.45) is 0. The van der Waals surface area contributed by atoms with Gasteiger partial charge >= 0.3 is 0 Å². The second kappa shape index (κ2) is 7.79. The minimum Gasteiger partial charge on any atom is -0.329 e. The number of hydrogen-bond acceptors (Lipinski definition) is 2. The maximum absolute atomic E-state index is 12.2. The van der Waals surface area contributed by atoms with E-state index in [-0.39, 0.29) is 18.4 Å². The molecule has 0 atom stereocenters. The smallest absolute Gasteiger partial charge is 0.244 e. The van der Waals surface area contributed by atoms with Gasteiger partial charge in [-0.15, -0.1) is 0 Å². The van der Waals surface area contributed by atoms with E-state index < -0.39 is 0 Å². The Morgan fingerprint density at radius 2 is 1.74 bits per heavy atom. The number of nitrogens with one attached hydrogen (secondary N) is 1. The third kappa shape index (κ3) is 5.11. The molecule has 2 rings (SSSR count). The Kier molecular flexibility index (Phi) is 5.77. The monoisotopic (exact) mass is 330 g/mol. The van der Waals surface area contributed by atoms with Crippen LogP contribution in [0.2, 0.25) is 5.02 Å². The van der Waals surface area contributed by atoms with Crippen LogP contribution in [0, 0.1) is 6.92 Å². The highest BCUT2D eigenvalue weighted by molar-refractivity contribution is 6.33. The Morgan fingerprint density at radius 3 is 2.35 bits per heavy atom. The van der Waals surface area contributed by atoms with Gasteiger partial charge in [0.2, 0.25) is 11.8 Å². The molecular formula is C18H19ClN2O2. The molecule has 23 heavy (non-hydrogen) atoms. The van der Waals surface area contributed by atoms with Crippen molar-refractivity contribution >= 4 is 29.1 Å². The van der Waals surface area contributed by atoms with Gasteiger partial charge in [-0.2, -0.15) is 0 Å². The summed E-state index contributed by atoms with van der Waals surface area (Å²) in [5.41, 5.74) is 2.67. The molecule has 5 heteroatoms. The normalized spacial score (nSPS) is 10.2. The van der Waals surface area contributed by atoms with Crippen molar-refractivity contribution in [1.82, 2.24) is 4.90 Å². The van der Waals surface area contributed by atoms with E-state index in [0.717, 1.165) is 11.1 Å². The molecule has 0 saturated carbocycles. The number of benzene rings is 2. The lowest BCUT2D eigenvalue weighted by molar-refractivity contribution is -0.133. The van der Waals surface area contributed by atoms with E-state index in [9.17, 15) is 9.59 Å². The molecule has 0 unspecified atom stereocenters. The van der Waals surface area contributed by atoms with E-state index in [1.807, 2.05) is 31.2 Å². The first-order valence-corrected chi connectivity index (χ1v) is 7.69. The van der Waals surface area contributed by atoms with Crippen LogP contribution in [-0.4, -0.2) is 23.3 Å².